The second-order valence-electron chi connectivity index (χ2n) is 9.85. The third-order valence-electron chi connectivity index (χ3n) is 7.28. The van der Waals surface area contributed by atoms with Crippen molar-refractivity contribution in [2.75, 3.05) is 25.0 Å². The maximum Gasteiger partial charge on any atom is 0.348 e. The molecule has 2 N–H and O–H groups in total. The zero-order valence-corrected chi connectivity index (χ0v) is 21.3. The van der Waals surface area contributed by atoms with Gasteiger partial charge in [-0.1, -0.05) is 36.8 Å². The van der Waals surface area contributed by atoms with Crippen molar-refractivity contribution in [3.63, 3.8) is 0 Å². The van der Waals surface area contributed by atoms with Gasteiger partial charge in [-0.15, -0.1) is 11.3 Å². The number of quaternary nitrogens is 1. The lowest BCUT2D eigenvalue weighted by Gasteiger charge is -2.38. The number of aryl methyl sites for hydroxylation is 1. The van der Waals surface area contributed by atoms with E-state index < -0.39 is 5.97 Å². The minimum atomic E-state index is -0.947. The molecule has 2 heterocycles. The molecule has 5 nitrogen and oxygen atoms in total. The number of nitrogens with zero attached hydrogens (tertiary/aromatic N) is 1. The number of anilines is 1. The van der Waals surface area contributed by atoms with E-state index in [0.29, 0.717) is 11.6 Å². The second-order valence-corrected chi connectivity index (χ2v) is 10.9. The van der Waals surface area contributed by atoms with Crippen molar-refractivity contribution in [3.8, 4) is 10.4 Å². The van der Waals surface area contributed by atoms with Crippen molar-refractivity contribution in [1.29, 1.82) is 0 Å². The van der Waals surface area contributed by atoms with Crippen LogP contribution in [0.3, 0.4) is 0 Å². The number of carbonyl (C=O) groups excluding carboxylic acids is 1. The zero-order valence-electron chi connectivity index (χ0n) is 19.8. The summed E-state index contributed by atoms with van der Waals surface area (Å²) >= 11 is 1.29. The van der Waals surface area contributed by atoms with Gasteiger partial charge in [-0.2, -0.15) is 0 Å². The molecule has 7 heteroatoms. The van der Waals surface area contributed by atoms with Crippen LogP contribution in [0.1, 0.15) is 60.7 Å². The molecule has 1 aromatic heterocycles. The molecule has 1 saturated heterocycles. The van der Waals surface area contributed by atoms with Crippen LogP contribution in [0, 0.1) is 18.8 Å². The summed E-state index contributed by atoms with van der Waals surface area (Å²) < 4.78 is 0. The van der Waals surface area contributed by atoms with Gasteiger partial charge in [0.15, 0.2) is 0 Å². The highest BCUT2D eigenvalue weighted by atomic mass is 35.5. The SMILES string of the molecule is Cc1ccc(-c2cc(N(C(=O)C3CCC(C)CC3)C3CC[NH+](C)CC3)c(C(=O)O)s2)cc1.[Cl-]. The average molecular weight is 491 g/mol. The number of nitrogens with one attached hydrogen (secondary N) is 1. The molecule has 1 saturated carbocycles. The van der Waals surface area contributed by atoms with Crippen molar-refractivity contribution in [3.05, 3.63) is 40.8 Å². The number of piperidine rings is 1. The average Bonchev–Trinajstić information content (AvgIpc) is 3.21. The number of carboxylic acids is 1. The van der Waals surface area contributed by atoms with Crippen LogP contribution < -0.4 is 22.2 Å². The zero-order chi connectivity index (χ0) is 22.8. The van der Waals surface area contributed by atoms with Crippen LogP contribution >= 0.6 is 11.3 Å². The number of benzene rings is 1. The van der Waals surface area contributed by atoms with Crippen LogP contribution in [0.15, 0.2) is 30.3 Å². The van der Waals surface area contributed by atoms with Gasteiger partial charge in [0.1, 0.15) is 4.88 Å². The maximum atomic E-state index is 13.9. The van der Waals surface area contributed by atoms with E-state index in [9.17, 15) is 14.7 Å². The van der Waals surface area contributed by atoms with Crippen molar-refractivity contribution in [2.24, 2.45) is 11.8 Å². The quantitative estimate of drug-likeness (QED) is 0.663. The molecule has 0 atom stereocenters. The molecule has 2 fully saturated rings. The number of rotatable bonds is 5. The molecule has 0 unspecified atom stereocenters. The molecule has 2 aliphatic rings. The fourth-order valence-corrected chi connectivity index (χ4v) is 6.12. The Morgan fingerprint density at radius 3 is 2.21 bits per heavy atom. The van der Waals surface area contributed by atoms with Gasteiger partial charge in [0.25, 0.3) is 0 Å². The molecule has 0 bridgehead atoms. The van der Waals surface area contributed by atoms with Gasteiger partial charge in [0.05, 0.1) is 25.8 Å². The van der Waals surface area contributed by atoms with Crippen LogP contribution in [-0.4, -0.2) is 43.2 Å². The molecule has 2 aromatic rings. The van der Waals surface area contributed by atoms with Crippen LogP contribution in [0.4, 0.5) is 5.69 Å². The van der Waals surface area contributed by atoms with Crippen LogP contribution in [0.5, 0.6) is 0 Å². The van der Waals surface area contributed by atoms with Crippen molar-refractivity contribution < 1.29 is 32.0 Å². The van der Waals surface area contributed by atoms with E-state index in [2.05, 4.69) is 14.0 Å². The first-order valence-corrected chi connectivity index (χ1v) is 12.7. The molecule has 1 aromatic carbocycles. The Morgan fingerprint density at radius 1 is 1.03 bits per heavy atom. The Kier molecular flexibility index (Phi) is 8.59. The largest absolute Gasteiger partial charge is 1.00 e. The summed E-state index contributed by atoms with van der Waals surface area (Å²) in [5.74, 6) is -0.139. The van der Waals surface area contributed by atoms with E-state index in [1.165, 1.54) is 21.8 Å². The Bertz CT molecular complexity index is 958. The number of aromatic carboxylic acids is 1. The van der Waals surface area contributed by atoms with Crippen molar-refractivity contribution in [2.45, 2.75) is 58.4 Å². The first-order chi connectivity index (χ1) is 15.3. The lowest BCUT2D eigenvalue weighted by atomic mass is 9.82. The lowest BCUT2D eigenvalue weighted by molar-refractivity contribution is -0.884. The first-order valence-electron chi connectivity index (χ1n) is 11.9. The second kappa shape index (κ2) is 11.0. The third-order valence-corrected chi connectivity index (χ3v) is 8.44. The number of halogens is 1. The predicted octanol–water partition coefficient (Wildman–Crippen LogP) is 1.26. The normalized spacial score (nSPS) is 25.2. The summed E-state index contributed by atoms with van der Waals surface area (Å²) in [5, 5.41) is 10.1. The number of carboxylic acid groups (broad SMARTS) is 1. The van der Waals surface area contributed by atoms with E-state index in [4.69, 9.17) is 0 Å². The van der Waals surface area contributed by atoms with Gasteiger partial charge in [0, 0.05) is 29.7 Å². The topological polar surface area (TPSA) is 62.1 Å². The summed E-state index contributed by atoms with van der Waals surface area (Å²) in [6.07, 6.45) is 5.79. The van der Waals surface area contributed by atoms with Gasteiger partial charge in [0.2, 0.25) is 5.91 Å². The fraction of sp³-hybridized carbons (Fsp3) is 0.538. The summed E-state index contributed by atoms with van der Waals surface area (Å²) in [5.41, 5.74) is 2.77. The summed E-state index contributed by atoms with van der Waals surface area (Å²) in [7, 11) is 2.19. The standard InChI is InChI=1S/C26H34N2O3S.ClH/c1-17-4-8-19(9-5-17)23-16-22(24(32-23)26(30)31)28(21-12-14-27(3)15-13-21)25(29)20-10-6-18(2)7-11-20;/h4-5,8-9,16,18,20-21H,6-7,10-15H2,1-3H3,(H,30,31);1H. The van der Waals surface area contributed by atoms with Gasteiger partial charge in [-0.05, 0) is 50.2 Å². The number of thiophene rings is 1. The van der Waals surface area contributed by atoms with Crippen molar-refractivity contribution in [1.82, 2.24) is 0 Å². The number of hydrogen-bond donors (Lipinski definition) is 2. The predicted molar refractivity (Wildman–Crippen MR) is 130 cm³/mol. The molecule has 180 valence electrons. The smallest absolute Gasteiger partial charge is 0.348 e. The third kappa shape index (κ3) is 5.79. The highest BCUT2D eigenvalue weighted by molar-refractivity contribution is 7.18. The molecule has 0 radical (unpaired) electrons. The molecule has 0 spiro atoms. The van der Waals surface area contributed by atoms with Crippen LogP contribution in [0.2, 0.25) is 0 Å². The Morgan fingerprint density at radius 2 is 1.64 bits per heavy atom. The minimum Gasteiger partial charge on any atom is -1.00 e. The Labute approximate surface area is 207 Å². The van der Waals surface area contributed by atoms with Gasteiger partial charge in [-0.25, -0.2) is 4.79 Å². The van der Waals surface area contributed by atoms with Gasteiger partial charge >= 0.3 is 5.97 Å². The van der Waals surface area contributed by atoms with E-state index in [1.54, 1.807) is 0 Å². The lowest BCUT2D eigenvalue weighted by Crippen LogP contribution is -3.10. The summed E-state index contributed by atoms with van der Waals surface area (Å²) in [4.78, 5) is 30.7. The van der Waals surface area contributed by atoms with Gasteiger partial charge in [-0.3, -0.25) is 4.79 Å². The Hall–Kier alpha value is -1.89. The number of likely N-dealkylation sites (tertiary alicyclic amines) is 1. The maximum absolute atomic E-state index is 13.9. The van der Waals surface area contributed by atoms with Crippen LogP contribution in [0.25, 0.3) is 10.4 Å². The summed E-state index contributed by atoms with van der Waals surface area (Å²) in [6.45, 7) is 6.31. The first kappa shape index (κ1) is 25.7. The van der Waals surface area contributed by atoms with Crippen molar-refractivity contribution >= 4 is 28.9 Å². The molecular formula is C26H35ClN2O3S. The monoisotopic (exact) mass is 490 g/mol. The number of hydrogen-bond acceptors (Lipinski definition) is 3. The van der Waals surface area contributed by atoms with E-state index in [1.807, 2.05) is 42.2 Å². The minimum absolute atomic E-state index is 0. The number of carbonyl (C=O) groups is 2. The van der Waals surface area contributed by atoms with E-state index in [0.717, 1.165) is 62.1 Å². The highest BCUT2D eigenvalue weighted by Gasteiger charge is 2.37. The summed E-state index contributed by atoms with van der Waals surface area (Å²) in [6, 6.07) is 10.2. The molecule has 1 aliphatic heterocycles. The molecule has 4 rings (SSSR count). The molecular weight excluding hydrogens is 456 g/mol. The van der Waals surface area contributed by atoms with Gasteiger partial charge < -0.3 is 27.3 Å². The fourth-order valence-electron chi connectivity index (χ4n) is 5.13. The molecule has 1 aliphatic carbocycles. The van der Waals surface area contributed by atoms with E-state index >= 15 is 0 Å². The number of amides is 1. The molecule has 33 heavy (non-hydrogen) atoms. The highest BCUT2D eigenvalue weighted by Crippen LogP contribution is 2.40. The molecule has 1 amide bonds. The Balaban J connectivity index is 0.00000306. The van der Waals surface area contributed by atoms with E-state index in [-0.39, 0.29) is 35.2 Å². The van der Waals surface area contributed by atoms with Crippen LogP contribution in [-0.2, 0) is 4.79 Å².